The highest BCUT2D eigenvalue weighted by atomic mass is 16.6. The fourth-order valence-corrected chi connectivity index (χ4v) is 3.84. The summed E-state index contributed by atoms with van der Waals surface area (Å²) in [4.78, 5) is 14.0. The first-order valence-corrected chi connectivity index (χ1v) is 11.8. The Morgan fingerprint density at radius 2 is 1.24 bits per heavy atom. The minimum Gasteiger partial charge on any atom is -0.448 e. The second-order valence-corrected chi connectivity index (χ2v) is 7.96. The van der Waals surface area contributed by atoms with E-state index in [0.717, 1.165) is 0 Å². The molecular weight excluding hydrogens is 436 g/mol. The van der Waals surface area contributed by atoms with Crippen molar-refractivity contribution in [2.24, 2.45) is 5.73 Å². The Hall–Kier alpha value is -2.49. The lowest BCUT2D eigenvalue weighted by atomic mass is 9.98. The van der Waals surface area contributed by atoms with Crippen LogP contribution >= 0.6 is 0 Å². The molecule has 34 heavy (non-hydrogen) atoms. The number of benzene rings is 2. The maximum atomic E-state index is 12.5. The summed E-state index contributed by atoms with van der Waals surface area (Å²) < 4.78 is 27.2. The van der Waals surface area contributed by atoms with E-state index >= 15 is 0 Å². The zero-order chi connectivity index (χ0) is 24.0. The molecular formula is C26H36N2O6. The highest BCUT2D eigenvalue weighted by Gasteiger charge is 2.29. The number of ether oxygens (including phenoxy) is 5. The summed E-state index contributed by atoms with van der Waals surface area (Å²) in [6.07, 6.45) is -0.352. The van der Waals surface area contributed by atoms with Gasteiger partial charge in [0.15, 0.2) is 0 Å². The molecule has 0 bridgehead atoms. The minimum absolute atomic E-state index is 0.0561. The normalized spacial score (nSPS) is 12.4. The zero-order valence-electron chi connectivity index (χ0n) is 19.9. The van der Waals surface area contributed by atoms with E-state index in [2.05, 4.69) is 24.3 Å². The van der Waals surface area contributed by atoms with Crippen molar-refractivity contribution >= 4 is 6.09 Å². The van der Waals surface area contributed by atoms with Gasteiger partial charge in [-0.1, -0.05) is 48.5 Å². The molecule has 0 saturated carbocycles. The van der Waals surface area contributed by atoms with Gasteiger partial charge < -0.3 is 34.3 Å². The Bertz CT molecular complexity index is 832. The molecule has 186 valence electrons. The average Bonchev–Trinajstić information content (AvgIpc) is 3.19. The summed E-state index contributed by atoms with van der Waals surface area (Å²) in [7, 11) is 1.72. The predicted molar refractivity (Wildman–Crippen MR) is 130 cm³/mol. The van der Waals surface area contributed by atoms with Gasteiger partial charge in [0.2, 0.25) is 0 Å². The fraction of sp³-hybridized carbons (Fsp3) is 0.500. The molecule has 0 unspecified atom stereocenters. The van der Waals surface area contributed by atoms with Crippen molar-refractivity contribution in [2.75, 3.05) is 79.6 Å². The molecule has 0 heterocycles. The zero-order valence-corrected chi connectivity index (χ0v) is 19.9. The van der Waals surface area contributed by atoms with Crippen LogP contribution in [0.4, 0.5) is 4.79 Å². The maximum Gasteiger partial charge on any atom is 0.409 e. The highest BCUT2D eigenvalue weighted by molar-refractivity contribution is 5.79. The molecule has 0 saturated heterocycles. The van der Waals surface area contributed by atoms with Crippen LogP contribution in [0, 0.1) is 0 Å². The van der Waals surface area contributed by atoms with Crippen LogP contribution in [0.3, 0.4) is 0 Å². The van der Waals surface area contributed by atoms with Gasteiger partial charge in [0.1, 0.15) is 6.61 Å². The van der Waals surface area contributed by atoms with Crippen molar-refractivity contribution in [1.82, 2.24) is 4.90 Å². The van der Waals surface area contributed by atoms with Crippen molar-refractivity contribution in [1.29, 1.82) is 0 Å². The molecule has 0 radical (unpaired) electrons. The SMILES string of the molecule is CN(CCOCCOCCOCCOCCN)C(=O)OCC1c2ccccc2-c2ccccc21. The Morgan fingerprint density at radius 1 is 0.765 bits per heavy atom. The first-order valence-electron chi connectivity index (χ1n) is 11.8. The molecule has 0 aromatic heterocycles. The van der Waals surface area contributed by atoms with Gasteiger partial charge in [0.05, 0.1) is 52.9 Å². The van der Waals surface area contributed by atoms with E-state index in [1.807, 2.05) is 24.3 Å². The number of nitrogens with zero attached hydrogens (tertiary/aromatic N) is 1. The van der Waals surface area contributed by atoms with Gasteiger partial charge in [-0.2, -0.15) is 0 Å². The number of rotatable bonds is 16. The van der Waals surface area contributed by atoms with Gasteiger partial charge in [0, 0.05) is 26.1 Å². The Balaban J connectivity index is 1.25. The number of amides is 1. The Kier molecular flexibility index (Phi) is 11.3. The summed E-state index contributed by atoms with van der Waals surface area (Å²) in [5.74, 6) is 0.0561. The average molecular weight is 473 g/mol. The van der Waals surface area contributed by atoms with E-state index in [-0.39, 0.29) is 12.0 Å². The van der Waals surface area contributed by atoms with E-state index in [1.54, 1.807) is 7.05 Å². The van der Waals surface area contributed by atoms with E-state index in [0.29, 0.717) is 72.6 Å². The number of hydrogen-bond acceptors (Lipinski definition) is 7. The molecule has 8 heteroatoms. The lowest BCUT2D eigenvalue weighted by Crippen LogP contribution is -2.32. The number of carbonyl (C=O) groups excluding carboxylic acids is 1. The fourth-order valence-electron chi connectivity index (χ4n) is 3.84. The summed E-state index contributed by atoms with van der Waals surface area (Å²) in [6, 6.07) is 16.6. The van der Waals surface area contributed by atoms with E-state index in [9.17, 15) is 4.79 Å². The molecule has 0 fully saturated rings. The van der Waals surface area contributed by atoms with Gasteiger partial charge in [-0.25, -0.2) is 4.79 Å². The summed E-state index contributed by atoms with van der Waals surface area (Å²) in [5, 5.41) is 0. The molecule has 1 amide bonds. The molecule has 3 rings (SSSR count). The first-order chi connectivity index (χ1) is 16.7. The summed E-state index contributed by atoms with van der Waals surface area (Å²) >= 11 is 0. The molecule has 0 aliphatic heterocycles. The van der Waals surface area contributed by atoms with Crippen LogP contribution in [-0.4, -0.2) is 90.6 Å². The van der Waals surface area contributed by atoms with Gasteiger partial charge in [0.25, 0.3) is 0 Å². The smallest absolute Gasteiger partial charge is 0.409 e. The third kappa shape index (κ3) is 7.78. The van der Waals surface area contributed by atoms with Crippen molar-refractivity contribution in [3.05, 3.63) is 59.7 Å². The lowest BCUT2D eigenvalue weighted by molar-refractivity contribution is -0.00271. The summed E-state index contributed by atoms with van der Waals surface area (Å²) in [5.41, 5.74) is 10.2. The maximum absolute atomic E-state index is 12.5. The van der Waals surface area contributed by atoms with Crippen LogP contribution in [0.5, 0.6) is 0 Å². The molecule has 1 aliphatic rings. The van der Waals surface area contributed by atoms with Gasteiger partial charge in [-0.05, 0) is 22.3 Å². The third-order valence-electron chi connectivity index (χ3n) is 5.60. The van der Waals surface area contributed by atoms with Crippen molar-refractivity contribution in [3.63, 3.8) is 0 Å². The van der Waals surface area contributed by atoms with Crippen LogP contribution in [0.25, 0.3) is 11.1 Å². The molecule has 2 aromatic carbocycles. The molecule has 0 atom stereocenters. The first kappa shape index (κ1) is 26.1. The topological polar surface area (TPSA) is 92.5 Å². The second kappa shape index (κ2) is 14.7. The van der Waals surface area contributed by atoms with E-state index in [1.165, 1.54) is 27.2 Å². The van der Waals surface area contributed by atoms with Gasteiger partial charge in [-0.15, -0.1) is 0 Å². The molecule has 8 nitrogen and oxygen atoms in total. The molecule has 2 aromatic rings. The Morgan fingerprint density at radius 3 is 1.76 bits per heavy atom. The molecule has 2 N–H and O–H groups in total. The van der Waals surface area contributed by atoms with Crippen molar-refractivity contribution in [2.45, 2.75) is 5.92 Å². The second-order valence-electron chi connectivity index (χ2n) is 7.96. The Labute approximate surface area is 201 Å². The van der Waals surface area contributed by atoms with Gasteiger partial charge in [-0.3, -0.25) is 0 Å². The van der Waals surface area contributed by atoms with Crippen LogP contribution in [0.1, 0.15) is 17.0 Å². The number of hydrogen-bond donors (Lipinski definition) is 1. The number of likely N-dealkylation sites (N-methyl/N-ethyl adjacent to an activating group) is 1. The number of nitrogens with two attached hydrogens (primary N) is 1. The monoisotopic (exact) mass is 472 g/mol. The number of fused-ring (bicyclic) bond motifs is 3. The van der Waals surface area contributed by atoms with E-state index < -0.39 is 0 Å². The molecule has 0 spiro atoms. The van der Waals surface area contributed by atoms with Crippen LogP contribution in [-0.2, 0) is 23.7 Å². The third-order valence-corrected chi connectivity index (χ3v) is 5.60. The largest absolute Gasteiger partial charge is 0.448 e. The lowest BCUT2D eigenvalue weighted by Gasteiger charge is -2.19. The highest BCUT2D eigenvalue weighted by Crippen LogP contribution is 2.44. The van der Waals surface area contributed by atoms with Crippen LogP contribution < -0.4 is 5.73 Å². The standard InChI is InChI=1S/C26H36N2O6/c1-28(11-13-31-15-17-33-19-18-32-16-14-30-12-10-27)26(29)34-20-25-23-8-4-2-6-21(23)22-7-3-5-9-24(22)25/h2-9,25H,10-20,27H2,1H3. The summed E-state index contributed by atoms with van der Waals surface area (Å²) in [6.45, 7) is 5.25. The van der Waals surface area contributed by atoms with Crippen molar-refractivity contribution in [3.8, 4) is 11.1 Å². The van der Waals surface area contributed by atoms with Crippen LogP contribution in [0.2, 0.25) is 0 Å². The van der Waals surface area contributed by atoms with Gasteiger partial charge >= 0.3 is 6.09 Å². The quantitative estimate of drug-likeness (QED) is 0.376. The molecule has 1 aliphatic carbocycles. The van der Waals surface area contributed by atoms with E-state index in [4.69, 9.17) is 29.4 Å². The van der Waals surface area contributed by atoms with Crippen LogP contribution in [0.15, 0.2) is 48.5 Å². The minimum atomic E-state index is -0.352. The predicted octanol–water partition coefficient (Wildman–Crippen LogP) is 2.89. The number of carbonyl (C=O) groups is 1. The van der Waals surface area contributed by atoms with Crippen molar-refractivity contribution < 1.29 is 28.5 Å².